The van der Waals surface area contributed by atoms with Crippen molar-refractivity contribution >= 4 is 33.0 Å². The lowest BCUT2D eigenvalue weighted by atomic mass is 9.74. The van der Waals surface area contributed by atoms with Crippen molar-refractivity contribution in [3.8, 4) is 45.0 Å². The molecule has 0 aliphatic carbocycles. The van der Waals surface area contributed by atoms with E-state index in [1.807, 2.05) is 30.3 Å². The van der Waals surface area contributed by atoms with Gasteiger partial charge in [0.1, 0.15) is 0 Å². The molecule has 9 rings (SSSR count). The zero-order chi connectivity index (χ0) is 36.6. The molecule has 0 N–H and O–H groups in total. The lowest BCUT2D eigenvalue weighted by Crippen LogP contribution is -2.39. The van der Waals surface area contributed by atoms with Crippen LogP contribution in [0.25, 0.3) is 55.1 Å². The lowest BCUT2D eigenvalue weighted by molar-refractivity contribution is 0.405. The highest BCUT2D eigenvalue weighted by molar-refractivity contribution is 7.17. The first-order valence-electron chi connectivity index (χ1n) is 18.4. The topological polar surface area (TPSA) is 50.5 Å². The number of hydrogen-bond acceptors (Lipinski definition) is 5. The zero-order valence-electron chi connectivity index (χ0n) is 30.4. The van der Waals surface area contributed by atoms with Gasteiger partial charge in [-0.3, -0.25) is 4.99 Å². The van der Waals surface area contributed by atoms with Gasteiger partial charge in [-0.2, -0.15) is 0 Å². The Kier molecular flexibility index (Phi) is 8.64. The van der Waals surface area contributed by atoms with E-state index in [4.69, 9.17) is 20.0 Å². The van der Waals surface area contributed by atoms with Gasteiger partial charge in [0.05, 0.1) is 22.6 Å². The monoisotopic (exact) mass is 714 g/mol. The molecule has 1 aliphatic rings. The number of fused-ring (bicyclic) bond motifs is 1. The fraction of sp³-hybridized carbons (Fsp3) is 0.102. The number of hydrogen-bond donors (Lipinski definition) is 0. The predicted molar refractivity (Wildman–Crippen MR) is 226 cm³/mol. The van der Waals surface area contributed by atoms with E-state index in [0.717, 1.165) is 67.4 Å². The number of aromatic nitrogens is 2. The van der Waals surface area contributed by atoms with Crippen LogP contribution in [0, 0.1) is 12.8 Å². The molecular weight excluding hydrogens is 677 g/mol. The highest BCUT2D eigenvalue weighted by atomic mass is 32.1. The van der Waals surface area contributed by atoms with Gasteiger partial charge in [-0.1, -0.05) is 146 Å². The molecule has 4 nitrogen and oxygen atoms in total. The Labute approximate surface area is 320 Å². The summed E-state index contributed by atoms with van der Waals surface area (Å²) in [5.74, 6) is 1.39. The molecule has 2 aromatic heterocycles. The van der Waals surface area contributed by atoms with Crippen molar-refractivity contribution in [2.45, 2.75) is 26.3 Å². The summed E-state index contributed by atoms with van der Waals surface area (Å²) >= 11 is 1.78. The van der Waals surface area contributed by atoms with E-state index in [-0.39, 0.29) is 5.92 Å². The molecule has 0 saturated heterocycles. The molecular formula is C49H38N4S. The number of nitrogens with zero attached hydrogens (tertiary/aromatic N) is 4. The van der Waals surface area contributed by atoms with Crippen molar-refractivity contribution in [1.29, 1.82) is 0 Å². The lowest BCUT2D eigenvalue weighted by Gasteiger charge is -2.37. The second kappa shape index (κ2) is 13.9. The van der Waals surface area contributed by atoms with Crippen molar-refractivity contribution in [3.05, 3.63) is 191 Å². The molecule has 3 heterocycles. The molecule has 6 aromatic carbocycles. The third-order valence-electron chi connectivity index (χ3n) is 10.7. The zero-order valence-corrected chi connectivity index (χ0v) is 31.3. The van der Waals surface area contributed by atoms with Gasteiger partial charge in [0, 0.05) is 49.4 Å². The number of amidine groups is 1. The van der Waals surface area contributed by atoms with Gasteiger partial charge in [-0.25, -0.2) is 15.0 Å². The summed E-state index contributed by atoms with van der Waals surface area (Å²) < 4.78 is 1.26. The Bertz CT molecular complexity index is 2680. The molecule has 0 bridgehead atoms. The Morgan fingerprint density at radius 1 is 0.556 bits per heavy atom. The van der Waals surface area contributed by atoms with Crippen LogP contribution < -0.4 is 0 Å². The number of benzene rings is 6. The molecule has 1 aliphatic heterocycles. The van der Waals surface area contributed by atoms with Gasteiger partial charge in [0.25, 0.3) is 0 Å². The summed E-state index contributed by atoms with van der Waals surface area (Å²) in [7, 11) is 0. The Morgan fingerprint density at radius 3 is 1.76 bits per heavy atom. The van der Waals surface area contributed by atoms with Gasteiger partial charge in [0.2, 0.25) is 0 Å². The first-order chi connectivity index (χ1) is 26.5. The quantitative estimate of drug-likeness (QED) is 0.165. The Morgan fingerprint density at radius 2 is 1.09 bits per heavy atom. The maximum Gasteiger partial charge on any atom is 0.160 e. The first kappa shape index (κ1) is 33.5. The third-order valence-corrected chi connectivity index (χ3v) is 11.7. The molecule has 0 fully saturated rings. The molecule has 0 spiro atoms. The Balaban J connectivity index is 1.32. The highest BCUT2D eigenvalue weighted by Crippen LogP contribution is 2.45. The van der Waals surface area contributed by atoms with Gasteiger partial charge in [-0.15, -0.1) is 11.3 Å². The van der Waals surface area contributed by atoms with E-state index < -0.39 is 5.54 Å². The summed E-state index contributed by atoms with van der Waals surface area (Å²) in [6, 6.07) is 57.2. The van der Waals surface area contributed by atoms with Gasteiger partial charge in [-0.05, 0) is 60.2 Å². The van der Waals surface area contributed by atoms with Crippen molar-refractivity contribution in [3.63, 3.8) is 0 Å². The van der Waals surface area contributed by atoms with Crippen molar-refractivity contribution in [2.24, 2.45) is 15.9 Å². The van der Waals surface area contributed by atoms with E-state index >= 15 is 0 Å². The molecule has 54 heavy (non-hydrogen) atoms. The molecule has 0 radical (unpaired) electrons. The Hall–Kier alpha value is -6.30. The van der Waals surface area contributed by atoms with E-state index in [9.17, 15) is 0 Å². The van der Waals surface area contributed by atoms with Crippen LogP contribution >= 0.6 is 11.3 Å². The van der Waals surface area contributed by atoms with Crippen LogP contribution in [0.2, 0.25) is 0 Å². The molecule has 8 aromatic rings. The second-order valence-corrected chi connectivity index (χ2v) is 15.0. The van der Waals surface area contributed by atoms with Gasteiger partial charge < -0.3 is 0 Å². The molecule has 5 heteroatoms. The molecule has 2 unspecified atom stereocenters. The first-order valence-corrected chi connectivity index (χ1v) is 19.3. The standard InChI is InChI=1S/C49H38N4S/c1-32-44(34-18-8-4-9-19-34)50-47(36-22-12-6-13-23-36)51-45(32)39-28-38(42-31-54-43-27-17-16-26-41(42)43)29-40(30-39)49(3)33(2)46(35-20-10-5-11-21-35)52-48(53-49)37-24-14-7-15-25-37/h4-31,33H,1-3H3. The number of thiophene rings is 1. The van der Waals surface area contributed by atoms with Crippen LogP contribution in [0.1, 0.15) is 36.1 Å². The fourth-order valence-electron chi connectivity index (χ4n) is 7.58. The number of aliphatic imine (C=N–C) groups is 2. The SMILES string of the molecule is Cc1c(-c2ccccc2)nc(-c2ccccc2)nc1-c1cc(-c2csc3ccccc23)cc(C2(C)N=C(c3ccccc3)N=C(c3ccccc3)C2C)c1. The van der Waals surface area contributed by atoms with Crippen molar-refractivity contribution in [2.75, 3.05) is 0 Å². The smallest absolute Gasteiger partial charge is 0.160 e. The van der Waals surface area contributed by atoms with Crippen LogP contribution in [-0.2, 0) is 5.54 Å². The third kappa shape index (κ3) is 6.07. The van der Waals surface area contributed by atoms with Crippen LogP contribution in [0.3, 0.4) is 0 Å². The largest absolute Gasteiger partial charge is 0.254 e. The minimum Gasteiger partial charge on any atom is -0.254 e. The predicted octanol–water partition coefficient (Wildman–Crippen LogP) is 12.5. The van der Waals surface area contributed by atoms with Crippen LogP contribution in [-0.4, -0.2) is 21.5 Å². The fourth-order valence-corrected chi connectivity index (χ4v) is 8.55. The normalized spacial score (nSPS) is 16.9. The maximum absolute atomic E-state index is 5.58. The average Bonchev–Trinajstić information content (AvgIpc) is 3.67. The summed E-state index contributed by atoms with van der Waals surface area (Å²) in [4.78, 5) is 21.4. The summed E-state index contributed by atoms with van der Waals surface area (Å²) in [5, 5.41) is 3.52. The van der Waals surface area contributed by atoms with Crippen LogP contribution in [0.5, 0.6) is 0 Å². The van der Waals surface area contributed by atoms with E-state index in [1.165, 1.54) is 15.6 Å². The van der Waals surface area contributed by atoms with Crippen molar-refractivity contribution < 1.29 is 0 Å². The van der Waals surface area contributed by atoms with Crippen molar-refractivity contribution in [1.82, 2.24) is 9.97 Å². The van der Waals surface area contributed by atoms with Crippen LogP contribution in [0.15, 0.2) is 179 Å². The number of rotatable bonds is 7. The highest BCUT2D eigenvalue weighted by Gasteiger charge is 2.40. The average molecular weight is 715 g/mol. The molecule has 0 amide bonds. The van der Waals surface area contributed by atoms with E-state index in [1.54, 1.807) is 11.3 Å². The summed E-state index contributed by atoms with van der Waals surface area (Å²) in [6.07, 6.45) is 0. The minimum absolute atomic E-state index is 0.0408. The second-order valence-electron chi connectivity index (χ2n) is 14.1. The minimum atomic E-state index is -0.667. The molecule has 0 saturated carbocycles. The van der Waals surface area contributed by atoms with Crippen LogP contribution in [0.4, 0.5) is 0 Å². The van der Waals surface area contributed by atoms with Gasteiger partial charge >= 0.3 is 0 Å². The maximum atomic E-state index is 5.58. The van der Waals surface area contributed by atoms with E-state index in [0.29, 0.717) is 5.82 Å². The molecule has 2 atom stereocenters. The van der Waals surface area contributed by atoms with Gasteiger partial charge in [0.15, 0.2) is 11.7 Å². The molecule has 260 valence electrons. The van der Waals surface area contributed by atoms with E-state index in [2.05, 4.69) is 160 Å². The summed E-state index contributed by atoms with van der Waals surface area (Å²) in [6.45, 7) is 6.68. The summed E-state index contributed by atoms with van der Waals surface area (Å²) in [5.41, 5.74) is 11.8.